The predicted molar refractivity (Wildman–Crippen MR) is 85.6 cm³/mol. The second-order valence-electron chi connectivity index (χ2n) is 6.33. The molecule has 0 rings (SSSR count). The Hall–Kier alpha value is -1.14. The Labute approximate surface area is 128 Å². The van der Waals surface area contributed by atoms with Crippen molar-refractivity contribution in [2.45, 2.75) is 38.5 Å². The molecule has 0 bridgehead atoms. The highest BCUT2D eigenvalue weighted by Crippen LogP contribution is 2.30. The maximum atomic E-state index is 11.8. The molecule has 6 heteroatoms. The van der Waals surface area contributed by atoms with Crippen LogP contribution in [0.5, 0.6) is 0 Å². The van der Waals surface area contributed by atoms with Gasteiger partial charge in [-0.25, -0.2) is 0 Å². The molecule has 0 aliphatic heterocycles. The summed E-state index contributed by atoms with van der Waals surface area (Å²) < 4.78 is 0. The van der Waals surface area contributed by atoms with Crippen molar-refractivity contribution in [1.82, 2.24) is 9.80 Å². The minimum absolute atomic E-state index is 0.452. The third-order valence-electron chi connectivity index (χ3n) is 3.86. The maximum absolute atomic E-state index is 11.8. The number of amides is 2. The Kier molecular flexibility index (Phi) is 9.21. The molecule has 4 N–H and O–H groups in total. The van der Waals surface area contributed by atoms with Gasteiger partial charge in [0.2, 0.25) is 11.8 Å². The first kappa shape index (κ1) is 19.9. The van der Waals surface area contributed by atoms with Crippen molar-refractivity contribution in [3.63, 3.8) is 0 Å². The molecular weight excluding hydrogens is 268 g/mol. The summed E-state index contributed by atoms with van der Waals surface area (Å²) in [5.41, 5.74) is 9.81. The molecule has 0 spiro atoms. The third-order valence-corrected chi connectivity index (χ3v) is 3.86. The third kappa shape index (κ3) is 7.43. The largest absolute Gasteiger partial charge is 0.369 e. The minimum atomic E-state index is -1.18. The Morgan fingerprint density at radius 2 is 1.10 bits per heavy atom. The minimum Gasteiger partial charge on any atom is -0.369 e. The van der Waals surface area contributed by atoms with Gasteiger partial charge in [0.05, 0.1) is 0 Å². The molecule has 0 heterocycles. The summed E-state index contributed by atoms with van der Waals surface area (Å²) in [5, 5.41) is 0. The van der Waals surface area contributed by atoms with Crippen molar-refractivity contribution in [3.8, 4) is 0 Å². The number of unbranched alkanes of at least 4 members (excludes halogenated alkanes) is 2. The summed E-state index contributed by atoms with van der Waals surface area (Å²) in [4.78, 5) is 27.8. The highest BCUT2D eigenvalue weighted by molar-refractivity contribution is 6.03. The van der Waals surface area contributed by atoms with Gasteiger partial charge in [-0.2, -0.15) is 0 Å². The van der Waals surface area contributed by atoms with Gasteiger partial charge < -0.3 is 21.3 Å². The van der Waals surface area contributed by atoms with Gasteiger partial charge in [-0.1, -0.05) is 12.8 Å². The first-order valence-electron chi connectivity index (χ1n) is 7.61. The fourth-order valence-electron chi connectivity index (χ4n) is 2.45. The van der Waals surface area contributed by atoms with Crippen LogP contribution in [0.25, 0.3) is 0 Å². The zero-order chi connectivity index (χ0) is 16.5. The number of carbonyl (C=O) groups excluding carboxylic acids is 2. The molecule has 0 saturated heterocycles. The predicted octanol–water partition coefficient (Wildman–Crippen LogP) is 0.407. The van der Waals surface area contributed by atoms with Crippen molar-refractivity contribution < 1.29 is 9.59 Å². The van der Waals surface area contributed by atoms with Gasteiger partial charge in [0.25, 0.3) is 0 Å². The first-order chi connectivity index (χ1) is 9.72. The molecule has 0 unspecified atom stereocenters. The number of hydrogen-bond donors (Lipinski definition) is 2. The fraction of sp³-hybridized carbons (Fsp3) is 0.867. The molecular formula is C15H32N4O2. The van der Waals surface area contributed by atoms with Gasteiger partial charge >= 0.3 is 0 Å². The van der Waals surface area contributed by atoms with Gasteiger partial charge in [-0.15, -0.1) is 0 Å². The second kappa shape index (κ2) is 9.73. The van der Waals surface area contributed by atoms with Crippen molar-refractivity contribution in [2.24, 2.45) is 16.9 Å². The molecule has 2 amide bonds. The molecule has 0 saturated carbocycles. The monoisotopic (exact) mass is 300 g/mol. The molecule has 0 radical (unpaired) electrons. The van der Waals surface area contributed by atoms with E-state index in [-0.39, 0.29) is 0 Å². The van der Waals surface area contributed by atoms with Crippen LogP contribution in [0, 0.1) is 5.41 Å². The van der Waals surface area contributed by atoms with E-state index in [1.165, 1.54) is 0 Å². The normalized spacial score (nSPS) is 12.1. The highest BCUT2D eigenvalue weighted by atomic mass is 16.2. The molecule has 124 valence electrons. The lowest BCUT2D eigenvalue weighted by Crippen LogP contribution is -2.47. The number of nitrogens with zero attached hydrogens (tertiary/aromatic N) is 2. The van der Waals surface area contributed by atoms with E-state index in [0.717, 1.165) is 38.8 Å². The van der Waals surface area contributed by atoms with Crippen molar-refractivity contribution in [1.29, 1.82) is 0 Å². The summed E-state index contributed by atoms with van der Waals surface area (Å²) in [7, 11) is 7.99. The van der Waals surface area contributed by atoms with Crippen LogP contribution in [0.15, 0.2) is 0 Å². The topological polar surface area (TPSA) is 92.7 Å². The summed E-state index contributed by atoms with van der Waals surface area (Å²) in [6, 6.07) is 0. The Bertz CT molecular complexity index is 298. The van der Waals surface area contributed by atoms with E-state index in [0.29, 0.717) is 12.8 Å². The smallest absolute Gasteiger partial charge is 0.233 e. The molecule has 21 heavy (non-hydrogen) atoms. The van der Waals surface area contributed by atoms with Crippen LogP contribution in [0.2, 0.25) is 0 Å². The lowest BCUT2D eigenvalue weighted by molar-refractivity contribution is -0.141. The average molecular weight is 300 g/mol. The highest BCUT2D eigenvalue weighted by Gasteiger charge is 2.41. The summed E-state index contributed by atoms with van der Waals surface area (Å²) in [6.45, 7) is 1.85. The average Bonchev–Trinajstić information content (AvgIpc) is 2.35. The quantitative estimate of drug-likeness (QED) is 0.403. The van der Waals surface area contributed by atoms with Crippen LogP contribution in [0.3, 0.4) is 0 Å². The van der Waals surface area contributed by atoms with Crippen LogP contribution in [-0.2, 0) is 9.59 Å². The second-order valence-corrected chi connectivity index (χ2v) is 6.33. The standard InChI is InChI=1S/C15H32N4O2/c1-18(2)11-7-5-9-15(13(16)20,14(17)21)10-6-8-12-19(3)4/h5-12H2,1-4H3,(H2,16,20)(H2,17,21). The van der Waals surface area contributed by atoms with Gasteiger partial charge in [-0.05, 0) is 67.0 Å². The number of rotatable bonds is 12. The van der Waals surface area contributed by atoms with E-state index in [1.54, 1.807) is 0 Å². The van der Waals surface area contributed by atoms with Crippen molar-refractivity contribution in [3.05, 3.63) is 0 Å². The summed E-state index contributed by atoms with van der Waals surface area (Å²) in [5.74, 6) is -1.16. The van der Waals surface area contributed by atoms with Gasteiger partial charge in [-0.3, -0.25) is 9.59 Å². The number of primary amides is 2. The molecule has 0 aromatic heterocycles. The Morgan fingerprint density at radius 1 is 0.762 bits per heavy atom. The van der Waals surface area contributed by atoms with E-state index in [2.05, 4.69) is 9.80 Å². The van der Waals surface area contributed by atoms with Crippen molar-refractivity contribution >= 4 is 11.8 Å². The van der Waals surface area contributed by atoms with Crippen LogP contribution >= 0.6 is 0 Å². The zero-order valence-electron chi connectivity index (χ0n) is 14.0. The molecule has 6 nitrogen and oxygen atoms in total. The number of hydrogen-bond acceptors (Lipinski definition) is 4. The van der Waals surface area contributed by atoms with Crippen LogP contribution in [0.1, 0.15) is 38.5 Å². The molecule has 0 atom stereocenters. The van der Waals surface area contributed by atoms with E-state index < -0.39 is 17.2 Å². The van der Waals surface area contributed by atoms with E-state index in [9.17, 15) is 9.59 Å². The molecule has 0 aliphatic carbocycles. The molecule has 0 aliphatic rings. The van der Waals surface area contributed by atoms with E-state index in [4.69, 9.17) is 11.5 Å². The Morgan fingerprint density at radius 3 is 1.33 bits per heavy atom. The van der Waals surface area contributed by atoms with Crippen molar-refractivity contribution in [2.75, 3.05) is 41.3 Å². The lowest BCUT2D eigenvalue weighted by Gasteiger charge is -2.27. The van der Waals surface area contributed by atoms with Crippen LogP contribution in [-0.4, -0.2) is 62.9 Å². The van der Waals surface area contributed by atoms with Gasteiger partial charge in [0, 0.05) is 0 Å². The Balaban J connectivity index is 4.54. The summed E-state index contributed by atoms with van der Waals surface area (Å²) in [6.07, 6.45) is 4.30. The van der Waals surface area contributed by atoms with Crippen LogP contribution in [0.4, 0.5) is 0 Å². The van der Waals surface area contributed by atoms with E-state index in [1.807, 2.05) is 28.2 Å². The molecule has 0 aromatic carbocycles. The molecule has 0 fully saturated rings. The fourth-order valence-corrected chi connectivity index (χ4v) is 2.45. The first-order valence-corrected chi connectivity index (χ1v) is 7.61. The number of carbonyl (C=O) groups is 2. The van der Waals surface area contributed by atoms with Gasteiger partial charge in [0.15, 0.2) is 0 Å². The van der Waals surface area contributed by atoms with E-state index >= 15 is 0 Å². The van der Waals surface area contributed by atoms with Gasteiger partial charge in [0.1, 0.15) is 5.41 Å². The SMILES string of the molecule is CN(C)CCCCC(CCCCN(C)C)(C(N)=O)C(N)=O. The number of nitrogens with two attached hydrogens (primary N) is 2. The summed E-state index contributed by atoms with van der Waals surface area (Å²) >= 11 is 0. The maximum Gasteiger partial charge on any atom is 0.233 e. The zero-order valence-corrected chi connectivity index (χ0v) is 14.0. The lowest BCUT2D eigenvalue weighted by atomic mass is 9.76. The molecule has 0 aromatic rings. The van der Waals surface area contributed by atoms with Crippen LogP contribution < -0.4 is 11.5 Å².